The van der Waals surface area contributed by atoms with Crippen LogP contribution in [0.4, 0.5) is 24.8 Å². The summed E-state index contributed by atoms with van der Waals surface area (Å²) in [6, 6.07) is 13.8. The molecule has 2 aromatic heterocycles. The summed E-state index contributed by atoms with van der Waals surface area (Å²) in [7, 11) is 1.82. The van der Waals surface area contributed by atoms with Crippen LogP contribution in [-0.4, -0.2) is 50.2 Å². The van der Waals surface area contributed by atoms with E-state index in [0.717, 1.165) is 32.4 Å². The van der Waals surface area contributed by atoms with Gasteiger partial charge in [-0.25, -0.2) is 4.98 Å². The summed E-state index contributed by atoms with van der Waals surface area (Å²) in [4.78, 5) is 22.1. The zero-order valence-electron chi connectivity index (χ0n) is 25.4. The highest BCUT2D eigenvalue weighted by Crippen LogP contribution is 2.41. The van der Waals surface area contributed by atoms with E-state index in [2.05, 4.69) is 26.5 Å². The Balaban J connectivity index is 1.31. The minimum Gasteiger partial charge on any atom is -0.370 e. The van der Waals surface area contributed by atoms with Crippen molar-refractivity contribution in [3.63, 3.8) is 0 Å². The van der Waals surface area contributed by atoms with E-state index in [9.17, 15) is 23.2 Å². The maximum Gasteiger partial charge on any atom is 0.416 e. The molecule has 9 nitrogen and oxygen atoms in total. The zero-order valence-corrected chi connectivity index (χ0v) is 25.4. The van der Waals surface area contributed by atoms with Crippen molar-refractivity contribution in [1.29, 1.82) is 5.26 Å². The number of carbonyl (C=O) groups is 1. The van der Waals surface area contributed by atoms with Crippen LogP contribution in [0.1, 0.15) is 64.7 Å². The minimum absolute atomic E-state index is 0.0376. The number of amides is 1. The molecule has 3 aliphatic rings. The van der Waals surface area contributed by atoms with E-state index in [1.165, 1.54) is 23.8 Å². The van der Waals surface area contributed by atoms with E-state index in [-0.39, 0.29) is 23.5 Å². The molecular formula is C34H33F3N8O. The number of aromatic nitrogens is 4. The summed E-state index contributed by atoms with van der Waals surface area (Å²) in [5, 5.41) is 21.4. The first-order valence-electron chi connectivity index (χ1n) is 15.6. The minimum atomic E-state index is -4.62. The van der Waals surface area contributed by atoms with Gasteiger partial charge in [-0.1, -0.05) is 12.8 Å². The molecule has 2 fully saturated rings. The smallest absolute Gasteiger partial charge is 0.370 e. The van der Waals surface area contributed by atoms with Gasteiger partial charge in [0.05, 0.1) is 23.7 Å². The molecule has 236 valence electrons. The Morgan fingerprint density at radius 1 is 1.04 bits per heavy atom. The van der Waals surface area contributed by atoms with Gasteiger partial charge in [-0.3, -0.25) is 14.6 Å². The molecule has 4 heterocycles. The molecule has 1 saturated carbocycles. The molecule has 0 unspecified atom stereocenters. The number of aryl methyl sites for hydroxylation is 1. The van der Waals surface area contributed by atoms with Crippen LogP contribution in [-0.2, 0) is 26.3 Å². The monoisotopic (exact) mass is 626 g/mol. The molecular weight excluding hydrogens is 593 g/mol. The lowest BCUT2D eigenvalue weighted by atomic mass is 9.97. The Morgan fingerprint density at radius 2 is 1.85 bits per heavy atom. The Labute approximate surface area is 264 Å². The molecule has 0 bridgehead atoms. The molecule has 12 heteroatoms. The van der Waals surface area contributed by atoms with Gasteiger partial charge in [-0.05, 0) is 103 Å². The zero-order chi connectivity index (χ0) is 32.0. The number of likely N-dealkylation sites (tertiary alicyclic amines) is 1. The summed E-state index contributed by atoms with van der Waals surface area (Å²) in [6.07, 6.45) is 2.36. The molecule has 2 aromatic carbocycles. The van der Waals surface area contributed by atoms with E-state index >= 15 is 0 Å². The van der Waals surface area contributed by atoms with Gasteiger partial charge >= 0.3 is 6.18 Å². The van der Waals surface area contributed by atoms with Crippen LogP contribution in [0.5, 0.6) is 0 Å². The molecule has 1 aliphatic carbocycles. The molecule has 0 radical (unpaired) electrons. The van der Waals surface area contributed by atoms with Crippen molar-refractivity contribution in [2.45, 2.75) is 51.4 Å². The highest BCUT2D eigenvalue weighted by atomic mass is 19.4. The molecule has 0 atom stereocenters. The molecule has 2 aliphatic heterocycles. The van der Waals surface area contributed by atoms with E-state index in [1.54, 1.807) is 41.2 Å². The summed E-state index contributed by atoms with van der Waals surface area (Å²) in [6.45, 7) is 2.44. The lowest BCUT2D eigenvalue weighted by molar-refractivity contribution is -0.138. The van der Waals surface area contributed by atoms with Gasteiger partial charge < -0.3 is 9.88 Å². The van der Waals surface area contributed by atoms with Crippen molar-refractivity contribution in [3.05, 3.63) is 76.6 Å². The van der Waals surface area contributed by atoms with Crippen LogP contribution in [0.25, 0.3) is 22.5 Å². The highest BCUT2D eigenvalue weighted by Gasteiger charge is 2.41. The topological polar surface area (TPSA) is 103 Å². The third kappa shape index (κ3) is 5.95. The molecule has 1 amide bonds. The first-order chi connectivity index (χ1) is 22.2. The second-order valence-corrected chi connectivity index (χ2v) is 12.4. The molecule has 1 saturated heterocycles. The van der Waals surface area contributed by atoms with Crippen LogP contribution in [0.2, 0.25) is 0 Å². The second-order valence-electron chi connectivity index (χ2n) is 12.4. The van der Waals surface area contributed by atoms with Crippen LogP contribution < -0.4 is 10.2 Å². The summed E-state index contributed by atoms with van der Waals surface area (Å²) >= 11 is 0. The Morgan fingerprint density at radius 3 is 2.54 bits per heavy atom. The fourth-order valence-corrected chi connectivity index (χ4v) is 6.48. The van der Waals surface area contributed by atoms with E-state index < -0.39 is 17.6 Å². The van der Waals surface area contributed by atoms with Crippen molar-refractivity contribution in [1.82, 2.24) is 24.6 Å². The first-order valence-corrected chi connectivity index (χ1v) is 15.6. The van der Waals surface area contributed by atoms with Crippen molar-refractivity contribution in [2.24, 2.45) is 13.0 Å². The van der Waals surface area contributed by atoms with E-state index in [0.29, 0.717) is 58.5 Å². The summed E-state index contributed by atoms with van der Waals surface area (Å²) < 4.78 is 45.0. The average molecular weight is 627 g/mol. The highest BCUT2D eigenvalue weighted by molar-refractivity contribution is 6.10. The molecule has 46 heavy (non-hydrogen) atoms. The largest absolute Gasteiger partial charge is 0.416 e. The van der Waals surface area contributed by atoms with Crippen molar-refractivity contribution < 1.29 is 18.0 Å². The number of nitrogens with zero attached hydrogens (tertiary/aromatic N) is 7. The Hall–Kier alpha value is -4.76. The molecule has 7 rings (SSSR count). The SMILES string of the molecule is Cn1cnnc1-c1ccc(C#N)cc1-c1cc(NCCC2CC2)nc(N2Cc3c(cc(CN4CCCC4)cc3C(F)(F)F)C2=O)c1. The number of rotatable bonds is 9. The van der Waals surface area contributed by atoms with Gasteiger partial charge in [0.25, 0.3) is 5.91 Å². The fourth-order valence-electron chi connectivity index (χ4n) is 6.48. The third-order valence-electron chi connectivity index (χ3n) is 9.07. The van der Waals surface area contributed by atoms with Gasteiger partial charge in [0, 0.05) is 31.3 Å². The van der Waals surface area contributed by atoms with E-state index in [4.69, 9.17) is 4.98 Å². The molecule has 0 spiro atoms. The van der Waals surface area contributed by atoms with Gasteiger partial charge in [0.2, 0.25) is 0 Å². The maximum atomic E-state index is 14.4. The fraction of sp³-hybridized carbons (Fsp3) is 0.382. The van der Waals surface area contributed by atoms with Crippen molar-refractivity contribution in [2.75, 3.05) is 29.9 Å². The van der Waals surface area contributed by atoms with Gasteiger partial charge in [0.1, 0.15) is 18.0 Å². The number of halogens is 3. The lowest BCUT2D eigenvalue weighted by Crippen LogP contribution is -2.24. The number of nitrogens with one attached hydrogen (secondary N) is 1. The predicted octanol–water partition coefficient (Wildman–Crippen LogP) is 6.40. The number of benzene rings is 2. The summed E-state index contributed by atoms with van der Waals surface area (Å²) in [5.74, 6) is 1.46. The van der Waals surface area contributed by atoms with Crippen LogP contribution in [0.15, 0.2) is 48.8 Å². The van der Waals surface area contributed by atoms with Crippen molar-refractivity contribution in [3.8, 4) is 28.6 Å². The second kappa shape index (κ2) is 11.9. The van der Waals surface area contributed by atoms with Crippen molar-refractivity contribution >= 4 is 17.5 Å². The number of hydrogen-bond donors (Lipinski definition) is 1. The molecule has 1 N–H and O–H groups in total. The first kappa shape index (κ1) is 29.9. The number of pyridine rings is 1. The normalized spacial score (nSPS) is 16.6. The number of fused-ring (bicyclic) bond motifs is 1. The maximum absolute atomic E-state index is 14.4. The quantitative estimate of drug-likeness (QED) is 0.229. The average Bonchev–Trinajstić information content (AvgIpc) is 3.36. The Bertz CT molecular complexity index is 1850. The van der Waals surface area contributed by atoms with Gasteiger partial charge in [-0.15, -0.1) is 10.2 Å². The van der Waals surface area contributed by atoms with Crippen LogP contribution >= 0.6 is 0 Å². The number of alkyl halides is 3. The summed E-state index contributed by atoms with van der Waals surface area (Å²) in [5.41, 5.74) is 2.17. The number of nitriles is 1. The number of anilines is 2. The predicted molar refractivity (Wildman–Crippen MR) is 167 cm³/mol. The number of hydrogen-bond acceptors (Lipinski definition) is 7. The standard InChI is InChI=1S/C34H33F3N8O/c1-43-20-40-42-32(43)25-7-6-22(17-38)12-26(25)24-15-30(39-9-8-21-4-5-21)41-31(16-24)45-19-28-27(33(45)46)13-23(14-29(28)34(35,36)37)18-44-10-2-3-11-44/h6-7,12-16,20-21H,2-5,8-11,18-19H2,1H3,(H,39,41). The third-order valence-corrected chi connectivity index (χ3v) is 9.07. The van der Waals surface area contributed by atoms with Gasteiger partial charge in [-0.2, -0.15) is 18.4 Å². The van der Waals surface area contributed by atoms with Gasteiger partial charge in [0.15, 0.2) is 5.82 Å². The molecule has 4 aromatic rings. The Kier molecular flexibility index (Phi) is 7.72. The van der Waals surface area contributed by atoms with Crippen LogP contribution in [0.3, 0.4) is 0 Å². The lowest BCUT2D eigenvalue weighted by Gasteiger charge is -2.19. The van der Waals surface area contributed by atoms with Crippen LogP contribution in [0, 0.1) is 17.2 Å². The van der Waals surface area contributed by atoms with E-state index in [1.807, 2.05) is 13.1 Å². The number of carbonyl (C=O) groups excluding carboxylic acids is 1.